The molecule has 1 N–H and O–H groups in total. The minimum atomic E-state index is -3.78. The van der Waals surface area contributed by atoms with Crippen LogP contribution in [0.15, 0.2) is 83.8 Å². The topological polar surface area (TPSA) is 66.5 Å². The number of carbonyl (C=O) groups is 1. The van der Waals surface area contributed by atoms with Crippen molar-refractivity contribution in [1.82, 2.24) is 4.31 Å². The maximum Gasteiger partial charge on any atom is 0.243 e. The van der Waals surface area contributed by atoms with Gasteiger partial charge in [-0.1, -0.05) is 48.5 Å². The summed E-state index contributed by atoms with van der Waals surface area (Å²) in [5.74, 6) is -1.16. The van der Waals surface area contributed by atoms with Gasteiger partial charge in [-0.05, 0) is 48.7 Å². The van der Waals surface area contributed by atoms with Gasteiger partial charge in [0.25, 0.3) is 0 Å². The number of carbonyl (C=O) groups excluding carboxylic acids is 1. The summed E-state index contributed by atoms with van der Waals surface area (Å²) >= 11 is 0. The Labute approximate surface area is 181 Å². The fourth-order valence-corrected chi connectivity index (χ4v) is 5.35. The standard InChI is InChI=1S/C24H23FN2O3S/c25-20-12-14-21(15-13-20)31(29,30)27-16-6-9-19(17-27)24(28)26-23-11-5-4-10-22(23)18-7-2-1-3-8-18/h1-5,7-8,10-15,19H,6,9,16-17H2,(H,26,28). The van der Waals surface area contributed by atoms with Crippen LogP contribution in [0.25, 0.3) is 11.1 Å². The van der Waals surface area contributed by atoms with Crippen molar-refractivity contribution in [2.45, 2.75) is 17.7 Å². The molecule has 0 aliphatic carbocycles. The SMILES string of the molecule is O=C(Nc1ccccc1-c1ccccc1)C1CCCN(S(=O)(=O)c2ccc(F)cc2)C1. The maximum absolute atomic E-state index is 13.2. The van der Waals surface area contributed by atoms with Crippen LogP contribution in [0.2, 0.25) is 0 Å². The number of benzene rings is 3. The lowest BCUT2D eigenvalue weighted by Gasteiger charge is -2.31. The van der Waals surface area contributed by atoms with Gasteiger partial charge in [-0.15, -0.1) is 0 Å². The molecule has 1 aliphatic rings. The van der Waals surface area contributed by atoms with Crippen molar-refractivity contribution in [3.8, 4) is 11.1 Å². The van der Waals surface area contributed by atoms with Gasteiger partial charge in [-0.3, -0.25) is 4.79 Å². The number of hydrogen-bond acceptors (Lipinski definition) is 3. The molecule has 0 saturated carbocycles. The number of rotatable bonds is 5. The van der Waals surface area contributed by atoms with Crippen molar-refractivity contribution < 1.29 is 17.6 Å². The van der Waals surface area contributed by atoms with Crippen molar-refractivity contribution in [1.29, 1.82) is 0 Å². The Morgan fingerprint density at radius 3 is 2.35 bits per heavy atom. The summed E-state index contributed by atoms with van der Waals surface area (Å²) < 4.78 is 40.4. The van der Waals surface area contributed by atoms with Gasteiger partial charge >= 0.3 is 0 Å². The van der Waals surface area contributed by atoms with Crippen LogP contribution in [0.3, 0.4) is 0 Å². The predicted molar refractivity (Wildman–Crippen MR) is 118 cm³/mol. The van der Waals surface area contributed by atoms with Gasteiger partial charge < -0.3 is 5.32 Å². The molecule has 31 heavy (non-hydrogen) atoms. The molecule has 0 bridgehead atoms. The largest absolute Gasteiger partial charge is 0.325 e. The van der Waals surface area contributed by atoms with Crippen LogP contribution in [0, 0.1) is 11.7 Å². The Hall–Kier alpha value is -3.03. The quantitative estimate of drug-likeness (QED) is 0.636. The first-order valence-corrected chi connectivity index (χ1v) is 11.6. The summed E-state index contributed by atoms with van der Waals surface area (Å²) in [4.78, 5) is 13.1. The zero-order chi connectivity index (χ0) is 21.8. The second-order valence-corrected chi connectivity index (χ2v) is 9.49. The van der Waals surface area contributed by atoms with Crippen molar-refractivity contribution in [3.63, 3.8) is 0 Å². The van der Waals surface area contributed by atoms with Gasteiger partial charge in [0.2, 0.25) is 15.9 Å². The zero-order valence-corrected chi connectivity index (χ0v) is 17.7. The predicted octanol–water partition coefficient (Wildman–Crippen LogP) is 4.53. The molecule has 4 rings (SSSR count). The first-order valence-electron chi connectivity index (χ1n) is 10.2. The third-order valence-electron chi connectivity index (χ3n) is 5.48. The van der Waals surface area contributed by atoms with Crippen molar-refractivity contribution in [2.24, 2.45) is 5.92 Å². The lowest BCUT2D eigenvalue weighted by atomic mass is 9.98. The van der Waals surface area contributed by atoms with Gasteiger partial charge in [-0.2, -0.15) is 4.31 Å². The Bertz CT molecular complexity index is 1160. The molecule has 1 aliphatic heterocycles. The highest BCUT2D eigenvalue weighted by Gasteiger charge is 2.33. The molecule has 7 heteroatoms. The van der Waals surface area contributed by atoms with Crippen LogP contribution in [0.1, 0.15) is 12.8 Å². The molecule has 0 aromatic heterocycles. The summed E-state index contributed by atoms with van der Waals surface area (Å²) in [5, 5.41) is 2.99. The fraction of sp³-hybridized carbons (Fsp3) is 0.208. The molecule has 1 unspecified atom stereocenters. The van der Waals surface area contributed by atoms with E-state index in [9.17, 15) is 17.6 Å². The second kappa shape index (κ2) is 8.99. The zero-order valence-electron chi connectivity index (χ0n) is 16.9. The molecule has 3 aromatic carbocycles. The molecular weight excluding hydrogens is 415 g/mol. The number of piperidine rings is 1. The minimum absolute atomic E-state index is 0.0318. The van der Waals surface area contributed by atoms with E-state index >= 15 is 0 Å². The number of nitrogens with one attached hydrogen (secondary N) is 1. The van der Waals surface area contributed by atoms with E-state index in [0.29, 0.717) is 25.1 Å². The van der Waals surface area contributed by atoms with Crippen molar-refractivity contribution >= 4 is 21.6 Å². The van der Waals surface area contributed by atoms with Crippen LogP contribution in [-0.4, -0.2) is 31.7 Å². The smallest absolute Gasteiger partial charge is 0.243 e. The molecule has 1 heterocycles. The first kappa shape index (κ1) is 21.2. The van der Waals surface area contributed by atoms with Crippen molar-refractivity contribution in [2.75, 3.05) is 18.4 Å². The number of sulfonamides is 1. The third-order valence-corrected chi connectivity index (χ3v) is 7.36. The summed E-state index contributed by atoms with van der Waals surface area (Å²) in [6, 6.07) is 22.1. The average molecular weight is 439 g/mol. The van der Waals surface area contributed by atoms with E-state index in [2.05, 4.69) is 5.32 Å². The maximum atomic E-state index is 13.2. The Balaban J connectivity index is 1.51. The van der Waals surface area contributed by atoms with E-state index in [1.807, 2.05) is 54.6 Å². The van der Waals surface area contributed by atoms with Crippen LogP contribution >= 0.6 is 0 Å². The van der Waals surface area contributed by atoms with Gasteiger partial charge in [0.15, 0.2) is 0 Å². The lowest BCUT2D eigenvalue weighted by molar-refractivity contribution is -0.120. The van der Waals surface area contributed by atoms with Crippen LogP contribution in [0.4, 0.5) is 10.1 Å². The fourth-order valence-electron chi connectivity index (χ4n) is 3.83. The third kappa shape index (κ3) is 4.68. The lowest BCUT2D eigenvalue weighted by Crippen LogP contribution is -2.43. The van der Waals surface area contributed by atoms with E-state index in [4.69, 9.17) is 0 Å². The number of hydrogen-bond donors (Lipinski definition) is 1. The average Bonchev–Trinajstić information content (AvgIpc) is 2.80. The Kier molecular flexibility index (Phi) is 6.15. The summed E-state index contributed by atoms with van der Waals surface area (Å²) in [6.07, 6.45) is 1.19. The Morgan fingerprint density at radius 2 is 1.61 bits per heavy atom. The highest BCUT2D eigenvalue weighted by atomic mass is 32.2. The molecule has 0 spiro atoms. The van der Waals surface area contributed by atoms with E-state index < -0.39 is 21.8 Å². The van der Waals surface area contributed by atoms with E-state index in [-0.39, 0.29) is 17.3 Å². The number of nitrogens with zero attached hydrogens (tertiary/aromatic N) is 1. The van der Waals surface area contributed by atoms with Gasteiger partial charge in [0.1, 0.15) is 5.82 Å². The van der Waals surface area contributed by atoms with Crippen LogP contribution in [-0.2, 0) is 14.8 Å². The first-order chi connectivity index (χ1) is 14.9. The molecule has 1 amide bonds. The molecule has 160 valence electrons. The molecule has 1 atom stereocenters. The minimum Gasteiger partial charge on any atom is -0.325 e. The van der Waals surface area contributed by atoms with Gasteiger partial charge in [0.05, 0.1) is 10.8 Å². The monoisotopic (exact) mass is 438 g/mol. The van der Waals surface area contributed by atoms with Gasteiger partial charge in [0, 0.05) is 24.3 Å². The van der Waals surface area contributed by atoms with Gasteiger partial charge in [-0.25, -0.2) is 12.8 Å². The molecule has 1 saturated heterocycles. The van der Waals surface area contributed by atoms with Crippen LogP contribution < -0.4 is 5.32 Å². The molecular formula is C24H23FN2O3S. The normalized spacial score (nSPS) is 17.3. The summed E-state index contributed by atoms with van der Waals surface area (Å²) in [5.41, 5.74) is 2.59. The number of halogens is 1. The van der Waals surface area contributed by atoms with E-state index in [1.165, 1.54) is 16.4 Å². The number of amides is 1. The molecule has 0 radical (unpaired) electrons. The number of anilines is 1. The summed E-state index contributed by atoms with van der Waals surface area (Å²) in [7, 11) is -3.78. The second-order valence-electron chi connectivity index (χ2n) is 7.56. The molecule has 3 aromatic rings. The highest BCUT2D eigenvalue weighted by molar-refractivity contribution is 7.89. The van der Waals surface area contributed by atoms with Crippen molar-refractivity contribution in [3.05, 3.63) is 84.7 Å². The summed E-state index contributed by atoms with van der Waals surface area (Å²) in [6.45, 7) is 0.434. The highest BCUT2D eigenvalue weighted by Crippen LogP contribution is 2.29. The molecule has 5 nitrogen and oxygen atoms in total. The van der Waals surface area contributed by atoms with E-state index in [0.717, 1.165) is 23.3 Å². The number of para-hydroxylation sites is 1. The Morgan fingerprint density at radius 1 is 0.935 bits per heavy atom. The van der Waals surface area contributed by atoms with Crippen LogP contribution in [0.5, 0.6) is 0 Å². The molecule has 1 fully saturated rings. The van der Waals surface area contributed by atoms with E-state index in [1.54, 1.807) is 0 Å².